The van der Waals surface area contributed by atoms with Crippen LogP contribution in [-0.2, 0) is 6.54 Å². The molecule has 1 aromatic rings. The first-order valence-electron chi connectivity index (χ1n) is 9.64. The van der Waals surface area contributed by atoms with Crippen molar-refractivity contribution in [2.75, 3.05) is 26.9 Å². The molecule has 1 saturated carbocycles. The van der Waals surface area contributed by atoms with Crippen LogP contribution in [0.15, 0.2) is 24.3 Å². The molecule has 1 aliphatic carbocycles. The van der Waals surface area contributed by atoms with Crippen LogP contribution in [0.5, 0.6) is 0 Å². The highest BCUT2D eigenvalue weighted by Gasteiger charge is 2.26. The second-order valence-electron chi connectivity index (χ2n) is 7.56. The summed E-state index contributed by atoms with van der Waals surface area (Å²) in [5, 5.41) is 0. The molecule has 0 heterocycles. The van der Waals surface area contributed by atoms with Crippen molar-refractivity contribution in [3.05, 3.63) is 35.4 Å². The van der Waals surface area contributed by atoms with Crippen LogP contribution in [0.4, 0.5) is 0 Å². The smallest absolute Gasteiger partial charge is 0.136 e. The molecule has 1 aromatic carbocycles. The van der Waals surface area contributed by atoms with Gasteiger partial charge >= 0.3 is 0 Å². The van der Waals surface area contributed by atoms with Crippen molar-refractivity contribution < 1.29 is 0 Å². The fourth-order valence-corrected chi connectivity index (χ4v) is 4.97. The fourth-order valence-electron chi connectivity index (χ4n) is 3.61. The lowest BCUT2D eigenvalue weighted by Crippen LogP contribution is -2.37. The summed E-state index contributed by atoms with van der Waals surface area (Å²) in [4.78, 5) is 4.59. The van der Waals surface area contributed by atoms with E-state index in [0.29, 0.717) is 6.04 Å². The first kappa shape index (κ1) is 23.7. The van der Waals surface area contributed by atoms with Crippen LogP contribution in [0.1, 0.15) is 62.5 Å². The average molecular weight is 415 g/mol. The van der Waals surface area contributed by atoms with Gasteiger partial charge in [-0.25, -0.2) is 0 Å². The maximum atomic E-state index is 5.63. The topological polar surface area (TPSA) is 6.48 Å². The molecule has 0 radical (unpaired) electrons. The van der Waals surface area contributed by atoms with E-state index in [1.807, 2.05) is 11.8 Å². The minimum absolute atomic E-state index is 0. The van der Waals surface area contributed by atoms with Crippen molar-refractivity contribution in [2.45, 2.75) is 64.0 Å². The monoisotopic (exact) mass is 414 g/mol. The Bertz CT molecular complexity index is 525. The van der Waals surface area contributed by atoms with Gasteiger partial charge in [-0.15, -0.1) is 12.4 Å². The molecule has 1 fully saturated rings. The number of halogens is 1. The van der Waals surface area contributed by atoms with E-state index in [0.717, 1.165) is 22.5 Å². The number of hydrogen-bond donors (Lipinski definition) is 0. The summed E-state index contributed by atoms with van der Waals surface area (Å²) in [5.74, 6) is 1.88. The van der Waals surface area contributed by atoms with Crippen molar-refractivity contribution in [2.24, 2.45) is 0 Å². The standard InChI is InChI=1S/C21H34N2S2.ClH/c1-5-6-15-25-21(24)23(4)20-13-11-19(12-14-20)18-9-7-17(8-10-18)16-22(2)3;/h7-10,19-20H,5-6,11-16H2,1-4H3;1H/t19-,20-;. The molecule has 148 valence electrons. The largest absolute Gasteiger partial charge is 0.358 e. The SMILES string of the molecule is CCCCSC(=S)N(C)[C@H]1CC[C@H](c2ccc(CN(C)C)cc2)CC1.Cl. The minimum atomic E-state index is 0. The number of thioether (sulfide) groups is 1. The van der Waals surface area contributed by atoms with Crippen LogP contribution in [0, 0.1) is 0 Å². The molecule has 0 bridgehead atoms. The number of rotatable bonds is 7. The van der Waals surface area contributed by atoms with Gasteiger partial charge in [-0.2, -0.15) is 0 Å². The van der Waals surface area contributed by atoms with Crippen molar-refractivity contribution in [3.63, 3.8) is 0 Å². The minimum Gasteiger partial charge on any atom is -0.358 e. The Labute approximate surface area is 176 Å². The molecule has 2 nitrogen and oxygen atoms in total. The lowest BCUT2D eigenvalue weighted by atomic mass is 9.81. The molecule has 26 heavy (non-hydrogen) atoms. The Balaban J connectivity index is 0.00000338. The number of nitrogens with zero attached hydrogens (tertiary/aromatic N) is 2. The van der Waals surface area contributed by atoms with Gasteiger partial charge in [0, 0.05) is 25.4 Å². The molecule has 0 N–H and O–H groups in total. The molecule has 1 aliphatic rings. The van der Waals surface area contributed by atoms with Crippen molar-refractivity contribution in [1.29, 1.82) is 0 Å². The van der Waals surface area contributed by atoms with Gasteiger partial charge in [0.1, 0.15) is 4.32 Å². The number of hydrogen-bond acceptors (Lipinski definition) is 3. The van der Waals surface area contributed by atoms with Crippen LogP contribution in [0.25, 0.3) is 0 Å². The maximum absolute atomic E-state index is 5.63. The molecule has 0 amide bonds. The molecular weight excluding hydrogens is 380 g/mol. The van der Waals surface area contributed by atoms with E-state index in [1.54, 1.807) is 0 Å². The van der Waals surface area contributed by atoms with E-state index in [1.165, 1.54) is 49.7 Å². The molecular formula is C21H35ClN2S2. The lowest BCUT2D eigenvalue weighted by Gasteiger charge is -2.36. The van der Waals surface area contributed by atoms with E-state index in [4.69, 9.17) is 12.2 Å². The summed E-state index contributed by atoms with van der Waals surface area (Å²) >= 11 is 7.49. The summed E-state index contributed by atoms with van der Waals surface area (Å²) in [6.07, 6.45) is 7.59. The Morgan fingerprint density at radius 1 is 1.08 bits per heavy atom. The van der Waals surface area contributed by atoms with Gasteiger partial charge in [0.15, 0.2) is 0 Å². The van der Waals surface area contributed by atoms with Crippen molar-refractivity contribution in [3.8, 4) is 0 Å². The molecule has 2 rings (SSSR count). The molecule has 0 aliphatic heterocycles. The fraction of sp³-hybridized carbons (Fsp3) is 0.667. The molecule has 0 aromatic heterocycles. The summed E-state index contributed by atoms with van der Waals surface area (Å²) in [6.45, 7) is 3.26. The van der Waals surface area contributed by atoms with Gasteiger partial charge in [0.05, 0.1) is 0 Å². The lowest BCUT2D eigenvalue weighted by molar-refractivity contribution is 0.267. The van der Waals surface area contributed by atoms with Crippen LogP contribution >= 0.6 is 36.4 Å². The molecule has 0 atom stereocenters. The van der Waals surface area contributed by atoms with E-state index in [9.17, 15) is 0 Å². The van der Waals surface area contributed by atoms with Crippen LogP contribution in [0.2, 0.25) is 0 Å². The van der Waals surface area contributed by atoms with E-state index in [-0.39, 0.29) is 12.4 Å². The predicted molar refractivity (Wildman–Crippen MR) is 124 cm³/mol. The third-order valence-electron chi connectivity index (χ3n) is 5.21. The summed E-state index contributed by atoms with van der Waals surface area (Å²) in [7, 11) is 6.44. The van der Waals surface area contributed by atoms with Crippen LogP contribution in [-0.4, -0.2) is 47.1 Å². The number of unbranched alkanes of at least 4 members (excludes halogenated alkanes) is 1. The molecule has 0 saturated heterocycles. The zero-order valence-electron chi connectivity index (χ0n) is 16.7. The van der Waals surface area contributed by atoms with Crippen molar-refractivity contribution in [1.82, 2.24) is 9.80 Å². The summed E-state index contributed by atoms with van der Waals surface area (Å²) in [5.41, 5.74) is 2.92. The molecule has 0 spiro atoms. The Morgan fingerprint density at radius 3 is 2.23 bits per heavy atom. The maximum Gasteiger partial charge on any atom is 0.136 e. The highest BCUT2D eigenvalue weighted by molar-refractivity contribution is 8.22. The zero-order valence-corrected chi connectivity index (χ0v) is 19.2. The number of thiocarbonyl (C=S) groups is 1. The zero-order chi connectivity index (χ0) is 18.2. The highest BCUT2D eigenvalue weighted by Crippen LogP contribution is 2.35. The number of benzene rings is 1. The Hall–Kier alpha value is -0.290. The van der Waals surface area contributed by atoms with Gasteiger partial charge in [0.2, 0.25) is 0 Å². The second-order valence-corrected chi connectivity index (χ2v) is 9.29. The van der Waals surface area contributed by atoms with E-state index >= 15 is 0 Å². The van der Waals surface area contributed by atoms with Gasteiger partial charge in [-0.3, -0.25) is 0 Å². The third kappa shape index (κ3) is 7.38. The van der Waals surface area contributed by atoms with Gasteiger partial charge in [-0.05, 0) is 63.2 Å². The van der Waals surface area contributed by atoms with Crippen LogP contribution in [0.3, 0.4) is 0 Å². The van der Waals surface area contributed by atoms with Crippen molar-refractivity contribution >= 4 is 40.7 Å². The van der Waals surface area contributed by atoms with Gasteiger partial charge in [-0.1, -0.05) is 61.6 Å². The predicted octanol–water partition coefficient (Wildman–Crippen LogP) is 5.95. The first-order chi connectivity index (χ1) is 12.0. The van der Waals surface area contributed by atoms with Gasteiger partial charge in [0.25, 0.3) is 0 Å². The highest BCUT2D eigenvalue weighted by atomic mass is 35.5. The average Bonchev–Trinajstić information content (AvgIpc) is 2.61. The van der Waals surface area contributed by atoms with Crippen LogP contribution < -0.4 is 0 Å². The third-order valence-corrected chi connectivity index (χ3v) is 6.88. The molecule has 0 unspecified atom stereocenters. The first-order valence-corrected chi connectivity index (χ1v) is 11.0. The van der Waals surface area contributed by atoms with E-state index in [2.05, 4.69) is 62.1 Å². The van der Waals surface area contributed by atoms with Gasteiger partial charge < -0.3 is 9.80 Å². The normalized spacial score (nSPS) is 19.9. The molecule has 5 heteroatoms. The summed E-state index contributed by atoms with van der Waals surface area (Å²) in [6, 6.07) is 9.92. The summed E-state index contributed by atoms with van der Waals surface area (Å²) < 4.78 is 1.09. The van der Waals surface area contributed by atoms with E-state index < -0.39 is 0 Å². The second kappa shape index (κ2) is 12.2. The quantitative estimate of drug-likeness (QED) is 0.401. The Morgan fingerprint density at radius 2 is 1.69 bits per heavy atom. The Kier molecular flexibility index (Phi) is 11.2.